The number of ether oxygens (including phenoxy) is 1. The highest BCUT2D eigenvalue weighted by atomic mass is 35.5. The number of rotatable bonds is 3. The number of likely N-dealkylation sites (tertiary alicyclic amines) is 1. The SMILES string of the molecule is CCCCN1CCC2(CC1)Cc1ccccc1C(=O)O2.Cl. The Hall–Kier alpha value is -1.06. The van der Waals surface area contributed by atoms with Crippen LogP contribution in [-0.2, 0) is 11.2 Å². The smallest absolute Gasteiger partial charge is 0.338 e. The van der Waals surface area contributed by atoms with Crippen LogP contribution >= 0.6 is 12.4 Å². The number of carbonyl (C=O) groups excluding carboxylic acids is 1. The number of benzene rings is 1. The van der Waals surface area contributed by atoms with Gasteiger partial charge in [-0.2, -0.15) is 0 Å². The van der Waals surface area contributed by atoms with E-state index in [0.29, 0.717) is 0 Å². The molecule has 0 atom stereocenters. The number of esters is 1. The second kappa shape index (κ2) is 6.80. The molecule has 0 bridgehead atoms. The highest BCUT2D eigenvalue weighted by molar-refractivity contribution is 5.92. The summed E-state index contributed by atoms with van der Waals surface area (Å²) < 4.78 is 5.83. The van der Waals surface area contributed by atoms with Crippen molar-refractivity contribution in [1.29, 1.82) is 0 Å². The molecule has 3 rings (SSSR count). The van der Waals surface area contributed by atoms with Crippen molar-refractivity contribution >= 4 is 18.4 Å². The van der Waals surface area contributed by atoms with Crippen LogP contribution in [0.4, 0.5) is 0 Å². The molecule has 0 radical (unpaired) electrons. The number of fused-ring (bicyclic) bond motifs is 1. The van der Waals surface area contributed by atoms with Crippen molar-refractivity contribution in [3.63, 3.8) is 0 Å². The summed E-state index contributed by atoms with van der Waals surface area (Å²) in [6.07, 6.45) is 5.32. The third-order valence-corrected chi connectivity index (χ3v) is 4.65. The molecule has 1 saturated heterocycles. The molecular formula is C17H24ClNO2. The number of nitrogens with zero attached hydrogens (tertiary/aromatic N) is 1. The van der Waals surface area contributed by atoms with Crippen LogP contribution in [0.15, 0.2) is 24.3 Å². The molecule has 2 aliphatic rings. The van der Waals surface area contributed by atoms with Crippen molar-refractivity contribution in [2.24, 2.45) is 0 Å². The van der Waals surface area contributed by atoms with Crippen LogP contribution in [0.25, 0.3) is 0 Å². The molecule has 1 aromatic carbocycles. The molecule has 1 aromatic rings. The van der Waals surface area contributed by atoms with Gasteiger partial charge >= 0.3 is 5.97 Å². The fourth-order valence-electron chi connectivity index (χ4n) is 3.35. The van der Waals surface area contributed by atoms with Crippen LogP contribution in [0.2, 0.25) is 0 Å². The topological polar surface area (TPSA) is 29.5 Å². The van der Waals surface area contributed by atoms with Gasteiger partial charge in [-0.15, -0.1) is 12.4 Å². The van der Waals surface area contributed by atoms with Crippen molar-refractivity contribution in [3.8, 4) is 0 Å². The molecule has 1 spiro atoms. The summed E-state index contributed by atoms with van der Waals surface area (Å²) in [5.41, 5.74) is 1.67. The van der Waals surface area contributed by atoms with Crippen molar-refractivity contribution in [3.05, 3.63) is 35.4 Å². The van der Waals surface area contributed by atoms with Crippen molar-refractivity contribution < 1.29 is 9.53 Å². The molecule has 0 amide bonds. The lowest BCUT2D eigenvalue weighted by Gasteiger charge is -2.43. The molecule has 0 N–H and O–H groups in total. The molecule has 2 aliphatic heterocycles. The Labute approximate surface area is 133 Å². The zero-order valence-electron chi connectivity index (χ0n) is 12.6. The van der Waals surface area contributed by atoms with Gasteiger partial charge in [-0.3, -0.25) is 0 Å². The molecule has 0 saturated carbocycles. The van der Waals surface area contributed by atoms with E-state index in [2.05, 4.69) is 17.9 Å². The lowest BCUT2D eigenvalue weighted by atomic mass is 9.81. The number of piperidine rings is 1. The van der Waals surface area contributed by atoms with E-state index in [0.717, 1.165) is 43.5 Å². The first kappa shape index (κ1) is 16.3. The van der Waals surface area contributed by atoms with Crippen LogP contribution in [0, 0.1) is 0 Å². The fourth-order valence-corrected chi connectivity index (χ4v) is 3.35. The zero-order chi connectivity index (χ0) is 14.0. The fraction of sp³-hybridized carbons (Fsp3) is 0.588. The van der Waals surface area contributed by atoms with E-state index in [1.54, 1.807) is 0 Å². The molecule has 116 valence electrons. The van der Waals surface area contributed by atoms with Gasteiger partial charge in [0.25, 0.3) is 0 Å². The van der Waals surface area contributed by atoms with Crippen molar-refractivity contribution in [2.45, 2.75) is 44.6 Å². The van der Waals surface area contributed by atoms with E-state index in [1.807, 2.05) is 18.2 Å². The summed E-state index contributed by atoms with van der Waals surface area (Å²) in [5.74, 6) is -0.131. The van der Waals surface area contributed by atoms with E-state index in [-0.39, 0.29) is 24.0 Å². The Bertz CT molecular complexity index is 495. The van der Waals surface area contributed by atoms with Crippen LogP contribution in [0.5, 0.6) is 0 Å². The van der Waals surface area contributed by atoms with Gasteiger partial charge in [-0.05, 0) is 24.6 Å². The van der Waals surface area contributed by atoms with Gasteiger partial charge in [-0.25, -0.2) is 4.79 Å². The quantitative estimate of drug-likeness (QED) is 0.801. The van der Waals surface area contributed by atoms with E-state index in [1.165, 1.54) is 19.4 Å². The molecule has 3 nitrogen and oxygen atoms in total. The summed E-state index contributed by atoms with van der Waals surface area (Å²) in [6, 6.07) is 7.87. The average Bonchev–Trinajstić information content (AvgIpc) is 2.47. The minimum absolute atomic E-state index is 0. The predicted molar refractivity (Wildman–Crippen MR) is 86.1 cm³/mol. The largest absolute Gasteiger partial charge is 0.455 e. The molecule has 0 unspecified atom stereocenters. The van der Waals surface area contributed by atoms with E-state index < -0.39 is 0 Å². The van der Waals surface area contributed by atoms with Crippen LogP contribution in [0.3, 0.4) is 0 Å². The maximum atomic E-state index is 12.2. The summed E-state index contributed by atoms with van der Waals surface area (Å²) in [7, 11) is 0. The summed E-state index contributed by atoms with van der Waals surface area (Å²) in [5, 5.41) is 0. The van der Waals surface area contributed by atoms with E-state index in [4.69, 9.17) is 4.74 Å². The Kier molecular flexibility index (Phi) is 5.28. The third-order valence-electron chi connectivity index (χ3n) is 4.65. The molecule has 21 heavy (non-hydrogen) atoms. The molecule has 0 aliphatic carbocycles. The van der Waals surface area contributed by atoms with E-state index >= 15 is 0 Å². The highest BCUT2D eigenvalue weighted by Gasteiger charge is 2.42. The first-order valence-electron chi connectivity index (χ1n) is 7.76. The minimum Gasteiger partial charge on any atom is -0.455 e. The summed E-state index contributed by atoms with van der Waals surface area (Å²) in [4.78, 5) is 14.7. The Morgan fingerprint density at radius 2 is 1.95 bits per heavy atom. The van der Waals surface area contributed by atoms with Gasteiger partial charge in [-0.1, -0.05) is 31.5 Å². The Morgan fingerprint density at radius 3 is 2.67 bits per heavy atom. The van der Waals surface area contributed by atoms with Gasteiger partial charge in [0.2, 0.25) is 0 Å². The average molecular weight is 310 g/mol. The number of hydrogen-bond donors (Lipinski definition) is 0. The minimum atomic E-state index is -0.242. The molecule has 0 aromatic heterocycles. The maximum absolute atomic E-state index is 12.2. The second-order valence-electron chi connectivity index (χ2n) is 6.10. The van der Waals surface area contributed by atoms with Gasteiger partial charge < -0.3 is 9.64 Å². The number of halogens is 1. The third kappa shape index (κ3) is 3.41. The number of unbranched alkanes of at least 4 members (excludes halogenated alkanes) is 1. The molecule has 4 heteroatoms. The van der Waals surface area contributed by atoms with Crippen LogP contribution < -0.4 is 0 Å². The Balaban J connectivity index is 0.00000161. The number of carbonyl (C=O) groups is 1. The van der Waals surface area contributed by atoms with Gasteiger partial charge in [0, 0.05) is 32.4 Å². The summed E-state index contributed by atoms with van der Waals surface area (Å²) >= 11 is 0. The number of hydrogen-bond acceptors (Lipinski definition) is 3. The van der Waals surface area contributed by atoms with Gasteiger partial charge in [0.05, 0.1) is 5.56 Å². The van der Waals surface area contributed by atoms with Gasteiger partial charge in [0.1, 0.15) is 5.60 Å². The predicted octanol–water partition coefficient (Wildman–Crippen LogP) is 3.46. The first-order chi connectivity index (χ1) is 9.72. The Morgan fingerprint density at radius 1 is 1.24 bits per heavy atom. The van der Waals surface area contributed by atoms with Gasteiger partial charge in [0.15, 0.2) is 0 Å². The molecule has 1 fully saturated rings. The standard InChI is InChI=1S/C17H23NO2.ClH/c1-2-3-10-18-11-8-17(9-12-18)13-14-6-4-5-7-15(14)16(19)20-17;/h4-7H,2-3,8-13H2,1H3;1H. The van der Waals surface area contributed by atoms with Crippen molar-refractivity contribution in [2.75, 3.05) is 19.6 Å². The zero-order valence-corrected chi connectivity index (χ0v) is 13.5. The second-order valence-corrected chi connectivity index (χ2v) is 6.10. The summed E-state index contributed by atoms with van der Waals surface area (Å²) in [6.45, 7) is 5.51. The van der Waals surface area contributed by atoms with Crippen LogP contribution in [-0.4, -0.2) is 36.1 Å². The lowest BCUT2D eigenvalue weighted by Crippen LogP contribution is -2.50. The maximum Gasteiger partial charge on any atom is 0.338 e. The first-order valence-corrected chi connectivity index (χ1v) is 7.76. The molecule has 2 heterocycles. The van der Waals surface area contributed by atoms with Crippen LogP contribution in [0.1, 0.15) is 48.5 Å². The monoisotopic (exact) mass is 309 g/mol. The normalized spacial score (nSPS) is 20.5. The van der Waals surface area contributed by atoms with E-state index in [9.17, 15) is 4.79 Å². The van der Waals surface area contributed by atoms with Crippen molar-refractivity contribution in [1.82, 2.24) is 4.90 Å². The lowest BCUT2D eigenvalue weighted by molar-refractivity contribution is -0.0565. The highest BCUT2D eigenvalue weighted by Crippen LogP contribution is 2.36. The molecular weight excluding hydrogens is 286 g/mol.